The van der Waals surface area contributed by atoms with Crippen molar-refractivity contribution < 1.29 is 27.1 Å². The fourth-order valence-corrected chi connectivity index (χ4v) is 5.51. The van der Waals surface area contributed by atoms with Gasteiger partial charge in [-0.3, -0.25) is 13.9 Å². The van der Waals surface area contributed by atoms with Crippen molar-refractivity contribution in [3.63, 3.8) is 0 Å². The highest BCUT2D eigenvalue weighted by Gasteiger charge is 2.33. The van der Waals surface area contributed by atoms with Gasteiger partial charge < -0.3 is 15.0 Å². The van der Waals surface area contributed by atoms with Crippen LogP contribution in [0.2, 0.25) is 5.02 Å². The number of amides is 2. The predicted octanol–water partition coefficient (Wildman–Crippen LogP) is 4.62. The van der Waals surface area contributed by atoms with Gasteiger partial charge in [0.2, 0.25) is 11.8 Å². The zero-order valence-electron chi connectivity index (χ0n) is 22.1. The van der Waals surface area contributed by atoms with Crippen LogP contribution in [0.15, 0.2) is 77.7 Å². The molecule has 0 aliphatic rings. The van der Waals surface area contributed by atoms with Gasteiger partial charge in [-0.2, -0.15) is 0 Å². The minimum absolute atomic E-state index is 0.0274. The second kappa shape index (κ2) is 12.9. The number of hydrogen-bond donors (Lipinski definition) is 1. The van der Waals surface area contributed by atoms with Gasteiger partial charge in [0.25, 0.3) is 10.0 Å². The first-order valence-electron chi connectivity index (χ1n) is 12.2. The number of halogens is 2. The van der Waals surface area contributed by atoms with Crippen molar-refractivity contribution in [2.75, 3.05) is 18.0 Å². The van der Waals surface area contributed by atoms with Gasteiger partial charge in [-0.1, -0.05) is 41.9 Å². The molecule has 3 aromatic rings. The first-order valence-corrected chi connectivity index (χ1v) is 14.0. The molecule has 0 unspecified atom stereocenters. The predicted molar refractivity (Wildman–Crippen MR) is 149 cm³/mol. The maximum atomic E-state index is 13.8. The van der Waals surface area contributed by atoms with Crippen molar-refractivity contribution in [1.82, 2.24) is 10.2 Å². The highest BCUT2D eigenvalue weighted by Crippen LogP contribution is 2.32. The summed E-state index contributed by atoms with van der Waals surface area (Å²) >= 11 is 6.30. The van der Waals surface area contributed by atoms with Crippen molar-refractivity contribution in [2.24, 2.45) is 0 Å². The number of nitrogens with one attached hydrogen (secondary N) is 1. The van der Waals surface area contributed by atoms with Gasteiger partial charge in [0.15, 0.2) is 0 Å². The van der Waals surface area contributed by atoms with Crippen LogP contribution in [0.1, 0.15) is 26.3 Å². The Morgan fingerprint density at radius 3 is 2.21 bits per heavy atom. The molecule has 1 atom stereocenters. The summed E-state index contributed by atoms with van der Waals surface area (Å²) in [5.41, 5.74) is 0.706. The zero-order chi connectivity index (χ0) is 28.7. The fourth-order valence-electron chi connectivity index (χ4n) is 3.83. The molecule has 8 nitrogen and oxygen atoms in total. The Morgan fingerprint density at radius 2 is 1.64 bits per heavy atom. The van der Waals surface area contributed by atoms with E-state index in [0.29, 0.717) is 11.3 Å². The van der Waals surface area contributed by atoms with E-state index in [1.807, 2.05) is 0 Å². The number of ether oxygens (including phenoxy) is 1. The van der Waals surface area contributed by atoms with Gasteiger partial charge in [0, 0.05) is 12.6 Å². The van der Waals surface area contributed by atoms with Gasteiger partial charge in [-0.25, -0.2) is 12.8 Å². The molecule has 2 amide bonds. The average molecular weight is 576 g/mol. The van der Waals surface area contributed by atoms with Crippen LogP contribution in [0.5, 0.6) is 5.75 Å². The van der Waals surface area contributed by atoms with Crippen LogP contribution in [0, 0.1) is 5.82 Å². The van der Waals surface area contributed by atoms with Crippen LogP contribution >= 0.6 is 11.6 Å². The lowest BCUT2D eigenvalue weighted by Gasteiger charge is -2.32. The molecule has 0 aliphatic carbocycles. The van der Waals surface area contributed by atoms with Crippen LogP contribution in [-0.4, -0.2) is 50.9 Å². The summed E-state index contributed by atoms with van der Waals surface area (Å²) in [5.74, 6) is -1.16. The molecule has 0 aromatic heterocycles. The van der Waals surface area contributed by atoms with Gasteiger partial charge in [-0.15, -0.1) is 0 Å². The Bertz CT molecular complexity index is 1400. The van der Waals surface area contributed by atoms with Crippen LogP contribution in [0.25, 0.3) is 0 Å². The first kappa shape index (κ1) is 29.9. The molecule has 0 spiro atoms. The van der Waals surface area contributed by atoms with E-state index >= 15 is 0 Å². The van der Waals surface area contributed by atoms with Crippen molar-refractivity contribution >= 4 is 39.1 Å². The molecule has 208 valence electrons. The number of nitrogens with zero attached hydrogens (tertiary/aromatic N) is 2. The second-order valence-electron chi connectivity index (χ2n) is 9.13. The van der Waals surface area contributed by atoms with E-state index in [4.69, 9.17) is 16.3 Å². The highest BCUT2D eigenvalue weighted by molar-refractivity contribution is 7.92. The number of anilines is 1. The van der Waals surface area contributed by atoms with E-state index in [2.05, 4.69) is 5.32 Å². The first-order chi connectivity index (χ1) is 18.4. The van der Waals surface area contributed by atoms with E-state index < -0.39 is 40.2 Å². The number of benzene rings is 3. The molecule has 11 heteroatoms. The number of hydrogen-bond acceptors (Lipinski definition) is 5. The molecule has 0 radical (unpaired) electrons. The molecule has 0 fully saturated rings. The monoisotopic (exact) mass is 575 g/mol. The third kappa shape index (κ3) is 7.48. The van der Waals surface area contributed by atoms with E-state index in [-0.39, 0.29) is 28.2 Å². The third-order valence-electron chi connectivity index (χ3n) is 5.90. The molecule has 3 rings (SSSR count). The second-order valence-corrected chi connectivity index (χ2v) is 11.4. The smallest absolute Gasteiger partial charge is 0.264 e. The Hall–Kier alpha value is -3.63. The van der Waals surface area contributed by atoms with E-state index in [1.54, 1.807) is 39.0 Å². The quantitative estimate of drug-likeness (QED) is 0.360. The highest BCUT2D eigenvalue weighted by atomic mass is 35.5. The van der Waals surface area contributed by atoms with Gasteiger partial charge in [0.1, 0.15) is 24.2 Å². The van der Waals surface area contributed by atoms with Crippen molar-refractivity contribution in [2.45, 2.75) is 44.3 Å². The van der Waals surface area contributed by atoms with Gasteiger partial charge in [-0.05, 0) is 68.8 Å². The molecule has 0 aliphatic heterocycles. The number of carbonyl (C=O) groups is 2. The number of rotatable bonds is 11. The van der Waals surface area contributed by atoms with Gasteiger partial charge >= 0.3 is 0 Å². The minimum atomic E-state index is -4.23. The molecule has 0 heterocycles. The maximum Gasteiger partial charge on any atom is 0.264 e. The summed E-state index contributed by atoms with van der Waals surface area (Å²) in [4.78, 5) is 28.0. The molecule has 0 saturated heterocycles. The fraction of sp³-hybridized carbons (Fsp3) is 0.286. The number of sulfonamides is 1. The van der Waals surface area contributed by atoms with Crippen LogP contribution in [0.4, 0.5) is 10.1 Å². The van der Waals surface area contributed by atoms with Crippen LogP contribution < -0.4 is 14.4 Å². The Morgan fingerprint density at radius 1 is 1.00 bits per heavy atom. The van der Waals surface area contributed by atoms with E-state index in [1.165, 1.54) is 66.6 Å². The summed E-state index contributed by atoms with van der Waals surface area (Å²) in [7, 11) is -2.80. The summed E-state index contributed by atoms with van der Waals surface area (Å²) in [6, 6.07) is 16.4. The standard InChI is InChI=1S/C28H31ClFN3O5S/c1-19(2)31-28(35)20(3)32(17-21-10-12-22(30)13-11-21)27(34)18-33(23-14-15-26(38-4)25(29)16-23)39(36,37)24-8-6-5-7-9-24/h5-16,19-20H,17-18H2,1-4H3,(H,31,35)/t20-/m0/s1. The third-order valence-corrected chi connectivity index (χ3v) is 7.98. The van der Waals surface area contributed by atoms with Crippen LogP contribution in [-0.2, 0) is 26.2 Å². The lowest BCUT2D eigenvalue weighted by molar-refractivity contribution is -0.139. The molecular weight excluding hydrogens is 545 g/mol. The van der Waals surface area contributed by atoms with Crippen LogP contribution in [0.3, 0.4) is 0 Å². The lowest BCUT2D eigenvalue weighted by Crippen LogP contribution is -2.52. The Balaban J connectivity index is 2.05. The topological polar surface area (TPSA) is 96.0 Å². The lowest BCUT2D eigenvalue weighted by atomic mass is 10.1. The van der Waals surface area contributed by atoms with Crippen molar-refractivity contribution in [3.8, 4) is 5.75 Å². The maximum absolute atomic E-state index is 13.8. The summed E-state index contributed by atoms with van der Waals surface area (Å²) in [6.45, 7) is 4.46. The molecule has 1 N–H and O–H groups in total. The summed E-state index contributed by atoms with van der Waals surface area (Å²) in [6.07, 6.45) is 0. The van der Waals surface area contributed by atoms with Gasteiger partial charge in [0.05, 0.1) is 22.7 Å². The normalized spacial score (nSPS) is 12.1. The summed E-state index contributed by atoms with van der Waals surface area (Å²) < 4.78 is 47.2. The zero-order valence-corrected chi connectivity index (χ0v) is 23.7. The molecule has 0 saturated carbocycles. The summed E-state index contributed by atoms with van der Waals surface area (Å²) in [5, 5.41) is 2.93. The largest absolute Gasteiger partial charge is 0.495 e. The number of carbonyl (C=O) groups excluding carboxylic acids is 2. The Labute approximate surface area is 233 Å². The Kier molecular flexibility index (Phi) is 9.93. The SMILES string of the molecule is COc1ccc(N(CC(=O)N(Cc2ccc(F)cc2)[C@@H](C)C(=O)NC(C)C)S(=O)(=O)c2ccccc2)cc1Cl. The van der Waals surface area contributed by atoms with Crippen molar-refractivity contribution in [3.05, 3.63) is 89.2 Å². The van der Waals surface area contributed by atoms with E-state index in [9.17, 15) is 22.4 Å². The number of methoxy groups -OCH3 is 1. The van der Waals surface area contributed by atoms with E-state index in [0.717, 1.165) is 4.31 Å². The van der Waals surface area contributed by atoms with Crippen molar-refractivity contribution in [1.29, 1.82) is 0 Å². The molecule has 0 bridgehead atoms. The average Bonchev–Trinajstić information content (AvgIpc) is 2.90. The minimum Gasteiger partial charge on any atom is -0.495 e. The molecular formula is C28H31ClFN3O5S. The molecule has 39 heavy (non-hydrogen) atoms. The molecule has 3 aromatic carbocycles.